The second-order valence-electron chi connectivity index (χ2n) is 11.4. The third-order valence-corrected chi connectivity index (χ3v) is 7.48. The van der Waals surface area contributed by atoms with Crippen molar-refractivity contribution in [2.24, 2.45) is 5.41 Å². The summed E-state index contributed by atoms with van der Waals surface area (Å²) in [5.41, 5.74) is 5.84. The van der Waals surface area contributed by atoms with Gasteiger partial charge in [0.25, 0.3) is 5.91 Å². The number of amides is 1. The van der Waals surface area contributed by atoms with Gasteiger partial charge in [0.1, 0.15) is 0 Å². The fourth-order valence-electron chi connectivity index (χ4n) is 5.35. The average molecular weight is 553 g/mol. The Morgan fingerprint density at radius 3 is 2.39 bits per heavy atom. The number of carbonyl (C=O) groups is 2. The number of methoxy groups -OCH3 is 2. The van der Waals surface area contributed by atoms with Crippen LogP contribution in [0.5, 0.6) is 11.5 Å². The number of nitrogens with zero attached hydrogens (tertiary/aromatic N) is 3. The molecule has 0 bridgehead atoms. The van der Waals surface area contributed by atoms with Crippen molar-refractivity contribution in [1.29, 1.82) is 0 Å². The summed E-state index contributed by atoms with van der Waals surface area (Å²) in [4.78, 5) is 30.7. The van der Waals surface area contributed by atoms with Crippen molar-refractivity contribution in [1.82, 2.24) is 20.1 Å². The maximum absolute atomic E-state index is 13.4. The molecule has 0 atom stereocenters. The standard InChI is InChI=1S/C33H36N4O4/c1-21-6-8-22(9-7-21)14-15-34-32(39)24-11-13-30(35-20-24)37-26-18-33(2,3)19-27(38)31(26)25(36-37)16-23-10-12-28(40-4)29(17-23)41-5/h6-13,17,20H,14-16,18-19H2,1-5H3,(H,34,39). The van der Waals surface area contributed by atoms with Gasteiger partial charge in [-0.3, -0.25) is 9.59 Å². The van der Waals surface area contributed by atoms with Gasteiger partial charge in [-0.05, 0) is 60.6 Å². The van der Waals surface area contributed by atoms with Crippen molar-refractivity contribution in [2.75, 3.05) is 20.8 Å². The van der Waals surface area contributed by atoms with Crippen LogP contribution in [0.4, 0.5) is 0 Å². The number of pyridine rings is 1. The Hall–Kier alpha value is -4.46. The molecule has 1 amide bonds. The van der Waals surface area contributed by atoms with E-state index >= 15 is 0 Å². The molecule has 8 heteroatoms. The van der Waals surface area contributed by atoms with E-state index in [1.165, 1.54) is 11.1 Å². The molecule has 41 heavy (non-hydrogen) atoms. The number of hydrogen-bond donors (Lipinski definition) is 1. The number of aryl methyl sites for hydroxylation is 1. The summed E-state index contributed by atoms with van der Waals surface area (Å²) in [5.74, 6) is 1.75. The molecule has 0 saturated carbocycles. The van der Waals surface area contributed by atoms with Crippen molar-refractivity contribution in [3.63, 3.8) is 0 Å². The molecule has 0 saturated heterocycles. The van der Waals surface area contributed by atoms with Crippen molar-refractivity contribution < 1.29 is 19.1 Å². The second-order valence-corrected chi connectivity index (χ2v) is 11.4. The number of ether oxygens (including phenoxy) is 2. The van der Waals surface area contributed by atoms with Crippen LogP contribution in [0.3, 0.4) is 0 Å². The Kier molecular flexibility index (Phi) is 7.92. The Labute approximate surface area is 240 Å². The van der Waals surface area contributed by atoms with E-state index in [1.54, 1.807) is 37.2 Å². The average Bonchev–Trinajstić information content (AvgIpc) is 3.30. The van der Waals surface area contributed by atoms with Crippen LogP contribution in [-0.4, -0.2) is 47.2 Å². The van der Waals surface area contributed by atoms with Gasteiger partial charge in [-0.15, -0.1) is 0 Å². The maximum atomic E-state index is 13.4. The van der Waals surface area contributed by atoms with Crippen LogP contribution in [0.2, 0.25) is 0 Å². The quantitative estimate of drug-likeness (QED) is 0.302. The van der Waals surface area contributed by atoms with Gasteiger partial charge in [0.15, 0.2) is 23.1 Å². The molecule has 1 aliphatic rings. The second kappa shape index (κ2) is 11.6. The molecule has 8 nitrogen and oxygen atoms in total. The first-order valence-corrected chi connectivity index (χ1v) is 13.8. The van der Waals surface area contributed by atoms with Crippen molar-refractivity contribution in [3.8, 4) is 17.3 Å². The Morgan fingerprint density at radius 1 is 0.976 bits per heavy atom. The molecule has 0 aliphatic heterocycles. The summed E-state index contributed by atoms with van der Waals surface area (Å²) in [6, 6.07) is 17.6. The van der Waals surface area contributed by atoms with Crippen LogP contribution in [0, 0.1) is 12.3 Å². The summed E-state index contributed by atoms with van der Waals surface area (Å²) in [5, 5.41) is 7.87. The number of rotatable bonds is 9. The first kappa shape index (κ1) is 28.1. The number of hydrogen-bond acceptors (Lipinski definition) is 6. The molecule has 0 radical (unpaired) electrons. The summed E-state index contributed by atoms with van der Waals surface area (Å²) >= 11 is 0. The SMILES string of the molecule is COc1ccc(Cc2nn(-c3ccc(C(=O)NCCc4ccc(C)cc4)cn3)c3c2C(=O)CC(C)(C)C3)cc1OC. The van der Waals surface area contributed by atoms with Crippen LogP contribution in [0.25, 0.3) is 5.82 Å². The number of benzene rings is 2. The smallest absolute Gasteiger partial charge is 0.252 e. The Bertz CT molecular complexity index is 1570. The van der Waals surface area contributed by atoms with E-state index in [9.17, 15) is 9.59 Å². The normalized spacial score (nSPS) is 13.9. The first-order valence-electron chi connectivity index (χ1n) is 13.8. The molecule has 212 valence electrons. The van der Waals surface area contributed by atoms with E-state index in [0.29, 0.717) is 59.9 Å². The van der Waals surface area contributed by atoms with Crippen LogP contribution < -0.4 is 14.8 Å². The largest absolute Gasteiger partial charge is 0.493 e. The van der Waals surface area contributed by atoms with E-state index in [0.717, 1.165) is 17.7 Å². The Balaban J connectivity index is 1.38. The summed E-state index contributed by atoms with van der Waals surface area (Å²) < 4.78 is 12.6. The highest BCUT2D eigenvalue weighted by atomic mass is 16.5. The highest BCUT2D eigenvalue weighted by molar-refractivity contribution is 6.00. The summed E-state index contributed by atoms with van der Waals surface area (Å²) in [7, 11) is 3.20. The molecule has 2 aromatic heterocycles. The summed E-state index contributed by atoms with van der Waals surface area (Å²) in [6.07, 6.45) is 3.93. The molecular weight excluding hydrogens is 516 g/mol. The van der Waals surface area contributed by atoms with Crippen LogP contribution in [-0.2, 0) is 19.3 Å². The van der Waals surface area contributed by atoms with Gasteiger partial charge in [0.2, 0.25) is 0 Å². The fraction of sp³-hybridized carbons (Fsp3) is 0.333. The van der Waals surface area contributed by atoms with E-state index in [-0.39, 0.29) is 17.1 Å². The highest BCUT2D eigenvalue weighted by Crippen LogP contribution is 2.38. The number of carbonyl (C=O) groups excluding carboxylic acids is 2. The monoisotopic (exact) mass is 552 g/mol. The predicted molar refractivity (Wildman–Crippen MR) is 157 cm³/mol. The first-order chi connectivity index (χ1) is 19.7. The molecule has 2 heterocycles. The third-order valence-electron chi connectivity index (χ3n) is 7.48. The molecular formula is C33H36N4O4. The van der Waals surface area contributed by atoms with E-state index in [4.69, 9.17) is 14.6 Å². The maximum Gasteiger partial charge on any atom is 0.252 e. The lowest BCUT2D eigenvalue weighted by molar-refractivity contribution is 0.0908. The summed E-state index contributed by atoms with van der Waals surface area (Å²) in [6.45, 7) is 6.78. The number of aromatic nitrogens is 3. The van der Waals surface area contributed by atoms with Gasteiger partial charge < -0.3 is 14.8 Å². The van der Waals surface area contributed by atoms with Crippen LogP contribution in [0.15, 0.2) is 60.8 Å². The minimum absolute atomic E-state index is 0.0857. The minimum Gasteiger partial charge on any atom is -0.493 e. The molecule has 1 aliphatic carbocycles. The van der Waals surface area contributed by atoms with Gasteiger partial charge in [0, 0.05) is 25.6 Å². The molecule has 0 spiro atoms. The van der Waals surface area contributed by atoms with E-state index in [1.807, 2.05) is 18.2 Å². The lowest BCUT2D eigenvalue weighted by atomic mass is 9.75. The molecule has 0 unspecified atom stereocenters. The van der Waals surface area contributed by atoms with Gasteiger partial charge in [-0.2, -0.15) is 5.10 Å². The molecule has 2 aromatic carbocycles. The molecule has 1 N–H and O–H groups in total. The van der Waals surface area contributed by atoms with Crippen LogP contribution >= 0.6 is 0 Å². The van der Waals surface area contributed by atoms with E-state index in [2.05, 4.69) is 55.3 Å². The topological polar surface area (TPSA) is 95.3 Å². The molecule has 4 aromatic rings. The van der Waals surface area contributed by atoms with Crippen molar-refractivity contribution >= 4 is 11.7 Å². The third kappa shape index (κ3) is 6.16. The van der Waals surface area contributed by atoms with Gasteiger partial charge >= 0.3 is 0 Å². The number of ketones is 1. The zero-order valence-corrected chi connectivity index (χ0v) is 24.3. The van der Waals surface area contributed by atoms with Gasteiger partial charge in [-0.1, -0.05) is 49.7 Å². The number of fused-ring (bicyclic) bond motifs is 1. The lowest BCUT2D eigenvalue weighted by Gasteiger charge is -2.29. The zero-order valence-electron chi connectivity index (χ0n) is 24.3. The van der Waals surface area contributed by atoms with Crippen molar-refractivity contribution in [2.45, 2.75) is 46.5 Å². The zero-order chi connectivity index (χ0) is 29.1. The number of Topliss-reactive ketones (excluding diaryl/α,β-unsaturated/α-hetero) is 1. The van der Waals surface area contributed by atoms with Gasteiger partial charge in [0.05, 0.1) is 36.7 Å². The number of nitrogens with one attached hydrogen (secondary N) is 1. The lowest BCUT2D eigenvalue weighted by Crippen LogP contribution is -2.28. The predicted octanol–water partition coefficient (Wildman–Crippen LogP) is 5.31. The molecule has 0 fully saturated rings. The Morgan fingerprint density at radius 2 is 1.71 bits per heavy atom. The fourth-order valence-corrected chi connectivity index (χ4v) is 5.35. The minimum atomic E-state index is -0.195. The van der Waals surface area contributed by atoms with Crippen LogP contribution in [0.1, 0.15) is 69.1 Å². The van der Waals surface area contributed by atoms with Gasteiger partial charge in [-0.25, -0.2) is 9.67 Å². The van der Waals surface area contributed by atoms with E-state index < -0.39 is 0 Å². The highest BCUT2D eigenvalue weighted by Gasteiger charge is 2.37. The molecule has 5 rings (SSSR count). The van der Waals surface area contributed by atoms with Crippen molar-refractivity contribution in [3.05, 3.63) is 100.0 Å².